The molecule has 2 aromatic carbocycles. The fraction of sp³-hybridized carbons (Fsp3) is 0.333. The van der Waals surface area contributed by atoms with Crippen LogP contribution in [-0.4, -0.2) is 27.2 Å². The summed E-state index contributed by atoms with van der Waals surface area (Å²) in [6.07, 6.45) is 1.49. The standard InChI is InChI=1S/C21H25N3O2/c1-14(26-5)10-11-15-12-16(21(2,3)4)20(25)19(13-15)24-22-17-8-6-7-9-18(17)23-24/h6-9,12-13,25H,1,10-11H2,2-5H3. The minimum absolute atomic E-state index is 0.209. The Labute approximate surface area is 153 Å². The fourth-order valence-corrected chi connectivity index (χ4v) is 2.90. The first-order valence-corrected chi connectivity index (χ1v) is 8.70. The van der Waals surface area contributed by atoms with Crippen molar-refractivity contribution in [1.82, 2.24) is 15.0 Å². The molecule has 136 valence electrons. The van der Waals surface area contributed by atoms with Crippen LogP contribution in [-0.2, 0) is 16.6 Å². The molecule has 0 aliphatic rings. The number of methoxy groups -OCH3 is 1. The normalized spacial score (nSPS) is 11.7. The zero-order chi connectivity index (χ0) is 18.9. The SMILES string of the molecule is C=C(CCc1cc(-n2nc3ccccc3n2)c(O)c(C(C)(C)C)c1)OC. The summed E-state index contributed by atoms with van der Waals surface area (Å²) >= 11 is 0. The minimum atomic E-state index is -0.209. The van der Waals surface area contributed by atoms with Gasteiger partial charge in [-0.25, -0.2) is 0 Å². The average Bonchev–Trinajstić information content (AvgIpc) is 3.03. The molecule has 0 saturated carbocycles. The largest absolute Gasteiger partial charge is 0.505 e. The van der Waals surface area contributed by atoms with E-state index in [0.29, 0.717) is 5.69 Å². The van der Waals surface area contributed by atoms with Crippen LogP contribution >= 0.6 is 0 Å². The molecule has 1 N–H and O–H groups in total. The van der Waals surface area contributed by atoms with Crippen LogP contribution in [0.25, 0.3) is 16.7 Å². The van der Waals surface area contributed by atoms with Crippen molar-refractivity contribution in [3.05, 3.63) is 59.9 Å². The molecule has 3 rings (SSSR count). The van der Waals surface area contributed by atoms with Gasteiger partial charge in [0.25, 0.3) is 0 Å². The van der Waals surface area contributed by atoms with Crippen molar-refractivity contribution >= 4 is 11.0 Å². The maximum atomic E-state index is 10.9. The Morgan fingerprint density at radius 2 is 1.77 bits per heavy atom. The van der Waals surface area contributed by atoms with Crippen molar-refractivity contribution in [2.45, 2.75) is 39.0 Å². The van der Waals surface area contributed by atoms with Crippen LogP contribution in [0, 0.1) is 0 Å². The highest BCUT2D eigenvalue weighted by Crippen LogP contribution is 2.36. The number of rotatable bonds is 5. The third-order valence-corrected chi connectivity index (χ3v) is 4.44. The molecule has 0 fully saturated rings. The summed E-state index contributed by atoms with van der Waals surface area (Å²) in [6, 6.07) is 11.7. The van der Waals surface area contributed by atoms with Gasteiger partial charge in [-0.1, -0.05) is 45.5 Å². The van der Waals surface area contributed by atoms with Gasteiger partial charge < -0.3 is 9.84 Å². The van der Waals surface area contributed by atoms with E-state index >= 15 is 0 Å². The van der Waals surface area contributed by atoms with E-state index in [9.17, 15) is 5.11 Å². The first-order chi connectivity index (χ1) is 12.3. The Hall–Kier alpha value is -2.82. The number of phenols is 1. The van der Waals surface area contributed by atoms with Gasteiger partial charge in [0.15, 0.2) is 0 Å². The highest BCUT2D eigenvalue weighted by Gasteiger charge is 2.23. The Kier molecular flexibility index (Phi) is 4.72. The highest BCUT2D eigenvalue weighted by molar-refractivity contribution is 5.73. The van der Waals surface area contributed by atoms with Crippen molar-refractivity contribution in [2.75, 3.05) is 7.11 Å². The lowest BCUT2D eigenvalue weighted by Crippen LogP contribution is -2.14. The maximum Gasteiger partial charge on any atom is 0.146 e. The molecule has 0 radical (unpaired) electrons. The van der Waals surface area contributed by atoms with Gasteiger partial charge in [-0.05, 0) is 35.6 Å². The van der Waals surface area contributed by atoms with Gasteiger partial charge in [-0.3, -0.25) is 0 Å². The van der Waals surface area contributed by atoms with Gasteiger partial charge in [-0.2, -0.15) is 0 Å². The molecule has 0 spiro atoms. The molecule has 0 atom stereocenters. The molecule has 0 aliphatic carbocycles. The number of fused-ring (bicyclic) bond motifs is 1. The lowest BCUT2D eigenvalue weighted by molar-refractivity contribution is 0.279. The minimum Gasteiger partial charge on any atom is -0.505 e. The summed E-state index contributed by atoms with van der Waals surface area (Å²) in [5.74, 6) is 0.951. The fourth-order valence-electron chi connectivity index (χ4n) is 2.90. The zero-order valence-electron chi connectivity index (χ0n) is 15.8. The second-order valence-electron chi connectivity index (χ2n) is 7.48. The molecule has 5 nitrogen and oxygen atoms in total. The topological polar surface area (TPSA) is 60.2 Å². The Bertz CT molecular complexity index is 919. The predicted octanol–water partition coefficient (Wildman–Crippen LogP) is 4.52. The highest BCUT2D eigenvalue weighted by atomic mass is 16.5. The van der Waals surface area contributed by atoms with E-state index in [1.807, 2.05) is 36.4 Å². The number of hydrogen-bond acceptors (Lipinski definition) is 4. The van der Waals surface area contributed by atoms with Gasteiger partial charge in [0.05, 0.1) is 12.9 Å². The van der Waals surface area contributed by atoms with Crippen LogP contribution in [0.4, 0.5) is 0 Å². The van der Waals surface area contributed by atoms with Gasteiger partial charge >= 0.3 is 0 Å². The van der Waals surface area contributed by atoms with E-state index in [1.165, 1.54) is 4.80 Å². The Balaban J connectivity index is 2.11. The number of aryl methyl sites for hydroxylation is 1. The van der Waals surface area contributed by atoms with E-state index < -0.39 is 0 Å². The maximum absolute atomic E-state index is 10.9. The second-order valence-corrected chi connectivity index (χ2v) is 7.48. The van der Waals surface area contributed by atoms with E-state index in [4.69, 9.17) is 4.74 Å². The smallest absolute Gasteiger partial charge is 0.146 e. The number of hydrogen-bond donors (Lipinski definition) is 1. The van der Waals surface area contributed by atoms with Crippen molar-refractivity contribution in [3.63, 3.8) is 0 Å². The van der Waals surface area contributed by atoms with Gasteiger partial charge in [0.1, 0.15) is 22.5 Å². The Morgan fingerprint density at radius 1 is 1.15 bits per heavy atom. The number of allylic oxidation sites excluding steroid dienone is 1. The van der Waals surface area contributed by atoms with Crippen LogP contribution in [0.1, 0.15) is 38.3 Å². The third kappa shape index (κ3) is 3.57. The van der Waals surface area contributed by atoms with E-state index in [-0.39, 0.29) is 11.2 Å². The number of nitrogens with zero attached hydrogens (tertiary/aromatic N) is 3. The molecule has 1 heterocycles. The number of aromatic nitrogens is 3. The van der Waals surface area contributed by atoms with Crippen molar-refractivity contribution < 1.29 is 9.84 Å². The number of ether oxygens (including phenoxy) is 1. The molecule has 3 aromatic rings. The van der Waals surface area contributed by atoms with E-state index in [2.05, 4.69) is 37.5 Å². The zero-order valence-corrected chi connectivity index (χ0v) is 15.8. The van der Waals surface area contributed by atoms with Crippen LogP contribution in [0.15, 0.2) is 48.7 Å². The summed E-state index contributed by atoms with van der Waals surface area (Å²) in [7, 11) is 1.63. The van der Waals surface area contributed by atoms with Crippen molar-refractivity contribution in [1.29, 1.82) is 0 Å². The summed E-state index contributed by atoms with van der Waals surface area (Å²) in [5, 5.41) is 20.0. The lowest BCUT2D eigenvalue weighted by Gasteiger charge is -2.23. The summed E-state index contributed by atoms with van der Waals surface area (Å²) in [4.78, 5) is 1.52. The number of aromatic hydroxyl groups is 1. The van der Waals surface area contributed by atoms with Crippen molar-refractivity contribution in [3.8, 4) is 11.4 Å². The molecule has 0 aliphatic heterocycles. The Morgan fingerprint density at radius 3 is 2.31 bits per heavy atom. The second kappa shape index (κ2) is 6.83. The molecular weight excluding hydrogens is 326 g/mol. The molecule has 5 heteroatoms. The van der Waals surface area contributed by atoms with Crippen LogP contribution in [0.2, 0.25) is 0 Å². The number of phenolic OH excluding ortho intramolecular Hbond substituents is 1. The monoisotopic (exact) mass is 351 g/mol. The quantitative estimate of drug-likeness (QED) is 0.687. The third-order valence-electron chi connectivity index (χ3n) is 4.44. The van der Waals surface area contributed by atoms with Crippen LogP contribution in [0.3, 0.4) is 0 Å². The molecule has 0 amide bonds. The van der Waals surface area contributed by atoms with E-state index in [1.54, 1.807) is 7.11 Å². The summed E-state index contributed by atoms with van der Waals surface area (Å²) < 4.78 is 5.17. The molecular formula is C21H25N3O2. The first kappa shape index (κ1) is 18.0. The molecule has 0 unspecified atom stereocenters. The van der Waals surface area contributed by atoms with Gasteiger partial charge in [-0.15, -0.1) is 15.0 Å². The number of benzene rings is 2. The van der Waals surface area contributed by atoms with Gasteiger partial charge in [0, 0.05) is 12.0 Å². The summed E-state index contributed by atoms with van der Waals surface area (Å²) in [5.41, 5.74) is 3.92. The van der Waals surface area contributed by atoms with Crippen LogP contribution < -0.4 is 0 Å². The lowest BCUT2D eigenvalue weighted by atomic mass is 9.84. The predicted molar refractivity (Wildman–Crippen MR) is 104 cm³/mol. The van der Waals surface area contributed by atoms with E-state index in [0.717, 1.165) is 40.8 Å². The molecule has 0 saturated heterocycles. The summed E-state index contributed by atoms with van der Waals surface area (Å²) in [6.45, 7) is 10.1. The first-order valence-electron chi connectivity index (χ1n) is 8.70. The van der Waals surface area contributed by atoms with Crippen molar-refractivity contribution in [2.24, 2.45) is 0 Å². The molecule has 1 aromatic heterocycles. The average molecular weight is 351 g/mol. The van der Waals surface area contributed by atoms with Gasteiger partial charge in [0.2, 0.25) is 0 Å². The molecule has 26 heavy (non-hydrogen) atoms. The molecule has 0 bridgehead atoms. The van der Waals surface area contributed by atoms with Crippen LogP contribution in [0.5, 0.6) is 5.75 Å².